The molecule has 2 aromatic heterocycles. The van der Waals surface area contributed by atoms with Crippen molar-refractivity contribution in [3.05, 3.63) is 65.7 Å². The van der Waals surface area contributed by atoms with Crippen LogP contribution in [-0.2, 0) is 6.54 Å². The Morgan fingerprint density at radius 2 is 2.00 bits per heavy atom. The SMILES string of the molecule is Cc1ccc(C(=O)NCc2ccc(-c3ccn[nH]3)cc2)o1. The first kappa shape index (κ1) is 13.2. The largest absolute Gasteiger partial charge is 0.456 e. The fourth-order valence-corrected chi connectivity index (χ4v) is 2.04. The molecule has 2 heterocycles. The van der Waals surface area contributed by atoms with Crippen molar-refractivity contribution in [3.8, 4) is 11.3 Å². The molecule has 0 aliphatic rings. The maximum atomic E-state index is 11.9. The van der Waals surface area contributed by atoms with E-state index in [9.17, 15) is 4.79 Å². The van der Waals surface area contributed by atoms with E-state index < -0.39 is 0 Å². The summed E-state index contributed by atoms with van der Waals surface area (Å²) in [6, 6.07) is 13.3. The van der Waals surface area contributed by atoms with Gasteiger partial charge in [-0.3, -0.25) is 9.89 Å². The molecule has 1 amide bonds. The molecule has 0 aliphatic heterocycles. The van der Waals surface area contributed by atoms with Crippen LogP contribution in [-0.4, -0.2) is 16.1 Å². The van der Waals surface area contributed by atoms with Crippen LogP contribution < -0.4 is 5.32 Å². The van der Waals surface area contributed by atoms with Gasteiger partial charge in [-0.1, -0.05) is 24.3 Å². The Kier molecular flexibility index (Phi) is 3.55. The van der Waals surface area contributed by atoms with E-state index in [2.05, 4.69) is 15.5 Å². The van der Waals surface area contributed by atoms with Gasteiger partial charge in [0.1, 0.15) is 5.76 Å². The summed E-state index contributed by atoms with van der Waals surface area (Å²) in [5.74, 6) is 0.853. The summed E-state index contributed by atoms with van der Waals surface area (Å²) >= 11 is 0. The van der Waals surface area contributed by atoms with E-state index in [1.54, 1.807) is 18.3 Å². The number of rotatable bonds is 4. The molecule has 3 rings (SSSR count). The second-order valence-corrected chi connectivity index (χ2v) is 4.76. The van der Waals surface area contributed by atoms with Crippen molar-refractivity contribution in [2.75, 3.05) is 0 Å². The normalized spacial score (nSPS) is 10.5. The van der Waals surface area contributed by atoms with Crippen molar-refractivity contribution in [2.24, 2.45) is 0 Å². The van der Waals surface area contributed by atoms with Gasteiger partial charge >= 0.3 is 0 Å². The zero-order valence-electron chi connectivity index (χ0n) is 11.6. The van der Waals surface area contributed by atoms with E-state index in [0.29, 0.717) is 12.3 Å². The molecule has 0 bridgehead atoms. The van der Waals surface area contributed by atoms with E-state index in [-0.39, 0.29) is 5.91 Å². The topological polar surface area (TPSA) is 70.9 Å². The average Bonchev–Trinajstić information content (AvgIpc) is 3.16. The van der Waals surface area contributed by atoms with E-state index in [0.717, 1.165) is 22.6 Å². The van der Waals surface area contributed by atoms with Crippen LogP contribution in [0.15, 0.2) is 53.1 Å². The molecule has 0 atom stereocenters. The van der Waals surface area contributed by atoms with E-state index >= 15 is 0 Å². The predicted octanol–water partition coefficient (Wildman–Crippen LogP) is 2.91. The quantitative estimate of drug-likeness (QED) is 0.772. The van der Waals surface area contributed by atoms with Crippen LogP contribution >= 0.6 is 0 Å². The Bertz CT molecular complexity index is 727. The maximum Gasteiger partial charge on any atom is 0.287 e. The Morgan fingerprint density at radius 1 is 1.19 bits per heavy atom. The highest BCUT2D eigenvalue weighted by molar-refractivity contribution is 5.91. The number of hydrogen-bond donors (Lipinski definition) is 2. The van der Waals surface area contributed by atoms with E-state index in [4.69, 9.17) is 4.42 Å². The Balaban J connectivity index is 1.62. The van der Waals surface area contributed by atoms with Crippen molar-refractivity contribution >= 4 is 5.91 Å². The van der Waals surface area contributed by atoms with Gasteiger partial charge < -0.3 is 9.73 Å². The molecule has 0 radical (unpaired) electrons. The lowest BCUT2D eigenvalue weighted by Crippen LogP contribution is -2.22. The third-order valence-electron chi connectivity index (χ3n) is 3.18. The van der Waals surface area contributed by atoms with Gasteiger partial charge in [0, 0.05) is 12.7 Å². The fourth-order valence-electron chi connectivity index (χ4n) is 2.04. The standard InChI is InChI=1S/C16H15N3O2/c1-11-2-7-15(21-11)16(20)17-10-12-3-5-13(6-4-12)14-8-9-18-19-14/h2-9H,10H2,1H3,(H,17,20)(H,18,19). The number of aryl methyl sites for hydroxylation is 1. The summed E-state index contributed by atoms with van der Waals surface area (Å²) in [6.07, 6.45) is 1.72. The third-order valence-corrected chi connectivity index (χ3v) is 3.18. The number of nitrogens with zero attached hydrogens (tertiary/aromatic N) is 1. The third kappa shape index (κ3) is 3.02. The van der Waals surface area contributed by atoms with Crippen LogP contribution in [0.25, 0.3) is 11.3 Å². The lowest BCUT2D eigenvalue weighted by Gasteiger charge is -2.04. The summed E-state index contributed by atoms with van der Waals surface area (Å²) in [5, 5.41) is 9.67. The van der Waals surface area contributed by atoms with E-state index in [1.165, 1.54) is 0 Å². The van der Waals surface area contributed by atoms with Gasteiger partial charge in [-0.15, -0.1) is 0 Å². The van der Waals surface area contributed by atoms with E-state index in [1.807, 2.05) is 37.3 Å². The molecule has 106 valence electrons. The summed E-state index contributed by atoms with van der Waals surface area (Å²) in [7, 11) is 0. The second kappa shape index (κ2) is 5.66. The second-order valence-electron chi connectivity index (χ2n) is 4.76. The molecule has 2 N–H and O–H groups in total. The van der Waals surface area contributed by atoms with Gasteiger partial charge in [-0.2, -0.15) is 5.10 Å². The molecule has 0 spiro atoms. The van der Waals surface area contributed by atoms with Gasteiger partial charge in [0.2, 0.25) is 0 Å². The number of aromatic nitrogens is 2. The highest BCUT2D eigenvalue weighted by Gasteiger charge is 2.09. The number of carbonyl (C=O) groups is 1. The van der Waals surface area contributed by atoms with Gasteiger partial charge in [0.25, 0.3) is 5.91 Å². The highest BCUT2D eigenvalue weighted by atomic mass is 16.3. The average molecular weight is 281 g/mol. The molecular formula is C16H15N3O2. The molecule has 0 saturated carbocycles. The molecule has 0 unspecified atom stereocenters. The molecule has 3 aromatic rings. The number of carbonyl (C=O) groups excluding carboxylic acids is 1. The fraction of sp³-hybridized carbons (Fsp3) is 0.125. The lowest BCUT2D eigenvalue weighted by molar-refractivity contribution is 0.0922. The van der Waals surface area contributed by atoms with Gasteiger partial charge in [-0.25, -0.2) is 0 Å². The molecule has 1 aromatic carbocycles. The number of aromatic amines is 1. The maximum absolute atomic E-state index is 11.9. The Hall–Kier alpha value is -2.82. The van der Waals surface area contributed by atoms with Gasteiger partial charge in [0.15, 0.2) is 5.76 Å². The minimum absolute atomic E-state index is 0.208. The molecule has 21 heavy (non-hydrogen) atoms. The van der Waals surface area contributed by atoms with Crippen molar-refractivity contribution in [1.82, 2.24) is 15.5 Å². The number of H-pyrrole nitrogens is 1. The minimum atomic E-state index is -0.208. The van der Waals surface area contributed by atoms with Crippen molar-refractivity contribution in [2.45, 2.75) is 13.5 Å². The molecule has 0 saturated heterocycles. The predicted molar refractivity (Wildman–Crippen MR) is 78.6 cm³/mol. The van der Waals surface area contributed by atoms with Crippen LogP contribution in [0.5, 0.6) is 0 Å². The minimum Gasteiger partial charge on any atom is -0.456 e. The number of hydrogen-bond acceptors (Lipinski definition) is 3. The van der Waals surface area contributed by atoms with Crippen LogP contribution in [0.4, 0.5) is 0 Å². The summed E-state index contributed by atoms with van der Waals surface area (Å²) in [6.45, 7) is 2.27. The van der Waals surface area contributed by atoms with Gasteiger partial charge in [0.05, 0.1) is 5.69 Å². The first-order chi connectivity index (χ1) is 10.2. The molecular weight excluding hydrogens is 266 g/mol. The molecule has 0 fully saturated rings. The van der Waals surface area contributed by atoms with Crippen LogP contribution in [0.1, 0.15) is 21.9 Å². The molecule has 0 aliphatic carbocycles. The first-order valence-electron chi connectivity index (χ1n) is 6.66. The smallest absolute Gasteiger partial charge is 0.287 e. The van der Waals surface area contributed by atoms with Crippen LogP contribution in [0, 0.1) is 6.92 Å². The van der Waals surface area contributed by atoms with Crippen LogP contribution in [0.3, 0.4) is 0 Å². The van der Waals surface area contributed by atoms with Crippen molar-refractivity contribution in [1.29, 1.82) is 0 Å². The monoisotopic (exact) mass is 281 g/mol. The Labute approximate surface area is 122 Å². The summed E-state index contributed by atoms with van der Waals surface area (Å²) in [5.41, 5.74) is 3.05. The number of nitrogens with one attached hydrogen (secondary N) is 2. The summed E-state index contributed by atoms with van der Waals surface area (Å²) in [4.78, 5) is 11.9. The zero-order chi connectivity index (χ0) is 14.7. The van der Waals surface area contributed by atoms with Crippen LogP contribution in [0.2, 0.25) is 0 Å². The van der Waals surface area contributed by atoms with Crippen molar-refractivity contribution < 1.29 is 9.21 Å². The van der Waals surface area contributed by atoms with Gasteiger partial charge in [-0.05, 0) is 36.2 Å². The Morgan fingerprint density at radius 3 is 2.62 bits per heavy atom. The number of amides is 1. The zero-order valence-corrected chi connectivity index (χ0v) is 11.6. The first-order valence-corrected chi connectivity index (χ1v) is 6.66. The highest BCUT2D eigenvalue weighted by Crippen LogP contribution is 2.16. The summed E-state index contributed by atoms with van der Waals surface area (Å²) < 4.78 is 5.28. The number of furan rings is 1. The number of benzene rings is 1. The lowest BCUT2D eigenvalue weighted by atomic mass is 10.1. The molecule has 5 nitrogen and oxygen atoms in total. The van der Waals surface area contributed by atoms with Crippen molar-refractivity contribution in [3.63, 3.8) is 0 Å². The molecule has 5 heteroatoms.